The molecule has 1 heterocycles. The number of anilines is 2. The van der Waals surface area contributed by atoms with Gasteiger partial charge in [0.15, 0.2) is 5.16 Å². The van der Waals surface area contributed by atoms with Crippen LogP contribution in [0.2, 0.25) is 5.15 Å². The summed E-state index contributed by atoms with van der Waals surface area (Å²) in [6, 6.07) is 15.0. The van der Waals surface area contributed by atoms with E-state index in [1.165, 1.54) is 23.9 Å². The molecule has 0 aliphatic carbocycles. The summed E-state index contributed by atoms with van der Waals surface area (Å²) in [6.07, 6.45) is 1.01. The van der Waals surface area contributed by atoms with Gasteiger partial charge in [0.1, 0.15) is 16.8 Å². The Morgan fingerprint density at radius 2 is 1.90 bits per heavy atom. The minimum absolute atomic E-state index is 0.157. The van der Waals surface area contributed by atoms with Crippen molar-refractivity contribution in [3.8, 4) is 0 Å². The number of carbonyl (C=O) groups excluding carboxylic acids is 1. The molecule has 1 amide bonds. The molecule has 0 bridgehead atoms. The molecule has 156 valence electrons. The number of hydrogen-bond acceptors (Lipinski definition) is 5. The molecule has 30 heavy (non-hydrogen) atoms. The number of nitrogens with one attached hydrogen (secondary N) is 1. The van der Waals surface area contributed by atoms with Gasteiger partial charge in [-0.05, 0) is 36.2 Å². The smallest absolute Gasteiger partial charge is 0.255 e. The quantitative estimate of drug-likeness (QED) is 0.276. The third-order valence-electron chi connectivity index (χ3n) is 4.32. The summed E-state index contributed by atoms with van der Waals surface area (Å²) in [4.78, 5) is 23.2. The first-order valence-electron chi connectivity index (χ1n) is 9.49. The third-order valence-corrected chi connectivity index (χ3v) is 5.43. The number of benzene rings is 2. The van der Waals surface area contributed by atoms with Crippen molar-refractivity contribution in [3.05, 3.63) is 76.7 Å². The zero-order valence-corrected chi connectivity index (χ0v) is 18.3. The van der Waals surface area contributed by atoms with Crippen molar-refractivity contribution < 1.29 is 9.18 Å². The largest absolute Gasteiger partial charge is 0.360 e. The van der Waals surface area contributed by atoms with E-state index in [9.17, 15) is 9.18 Å². The van der Waals surface area contributed by atoms with Gasteiger partial charge in [-0.3, -0.25) is 4.79 Å². The van der Waals surface area contributed by atoms with E-state index in [1.807, 2.05) is 24.1 Å². The maximum atomic E-state index is 13.7. The lowest BCUT2D eigenvalue weighted by Crippen LogP contribution is -2.19. The normalized spacial score (nSPS) is 10.7. The van der Waals surface area contributed by atoms with Crippen LogP contribution in [0, 0.1) is 5.82 Å². The van der Waals surface area contributed by atoms with Gasteiger partial charge in [0.25, 0.3) is 5.91 Å². The van der Waals surface area contributed by atoms with Crippen LogP contribution in [0.3, 0.4) is 0 Å². The van der Waals surface area contributed by atoms with Crippen molar-refractivity contribution in [2.75, 3.05) is 23.8 Å². The van der Waals surface area contributed by atoms with E-state index in [1.54, 1.807) is 30.3 Å². The lowest BCUT2D eigenvalue weighted by molar-refractivity contribution is 0.102. The molecule has 3 aromatic rings. The summed E-state index contributed by atoms with van der Waals surface area (Å²) in [6.45, 7) is 2.99. The molecule has 1 aromatic heterocycles. The maximum absolute atomic E-state index is 13.7. The van der Waals surface area contributed by atoms with Crippen LogP contribution in [-0.4, -0.2) is 29.5 Å². The Hall–Kier alpha value is -2.64. The summed E-state index contributed by atoms with van der Waals surface area (Å²) < 4.78 is 13.7. The van der Waals surface area contributed by atoms with Gasteiger partial charge in [0.2, 0.25) is 0 Å². The second kappa shape index (κ2) is 10.4. The highest BCUT2D eigenvalue weighted by molar-refractivity contribution is 7.98. The Morgan fingerprint density at radius 3 is 2.60 bits per heavy atom. The number of para-hydroxylation sites is 1. The van der Waals surface area contributed by atoms with Crippen LogP contribution in [0.15, 0.2) is 59.8 Å². The van der Waals surface area contributed by atoms with Gasteiger partial charge < -0.3 is 10.2 Å². The molecule has 8 heteroatoms. The predicted molar refractivity (Wildman–Crippen MR) is 121 cm³/mol. The molecule has 0 atom stereocenters. The summed E-state index contributed by atoms with van der Waals surface area (Å²) >= 11 is 7.62. The van der Waals surface area contributed by atoms with Gasteiger partial charge in [-0.15, -0.1) is 0 Å². The minimum Gasteiger partial charge on any atom is -0.360 e. The number of aromatic nitrogens is 2. The summed E-state index contributed by atoms with van der Waals surface area (Å²) in [5.74, 6) is 0.594. The number of halogens is 2. The first-order chi connectivity index (χ1) is 14.5. The third kappa shape index (κ3) is 5.93. The molecular formula is C22H22ClFN4OS. The Kier molecular flexibility index (Phi) is 7.65. The summed E-state index contributed by atoms with van der Waals surface area (Å²) in [5, 5.41) is 3.59. The van der Waals surface area contributed by atoms with Crippen LogP contribution in [0.25, 0.3) is 0 Å². The van der Waals surface area contributed by atoms with E-state index in [0.717, 1.165) is 24.3 Å². The van der Waals surface area contributed by atoms with Gasteiger partial charge in [-0.1, -0.05) is 54.6 Å². The van der Waals surface area contributed by atoms with Crippen molar-refractivity contribution in [1.82, 2.24) is 9.97 Å². The van der Waals surface area contributed by atoms with Crippen LogP contribution in [-0.2, 0) is 5.75 Å². The molecule has 0 aliphatic heterocycles. The van der Waals surface area contributed by atoms with E-state index >= 15 is 0 Å². The fraction of sp³-hybridized carbons (Fsp3) is 0.227. The molecule has 0 radical (unpaired) electrons. The highest BCUT2D eigenvalue weighted by Crippen LogP contribution is 2.24. The average molecular weight is 445 g/mol. The highest BCUT2D eigenvalue weighted by atomic mass is 35.5. The number of nitrogens with zero attached hydrogens (tertiary/aromatic N) is 3. The van der Waals surface area contributed by atoms with Crippen LogP contribution in [0.5, 0.6) is 0 Å². The van der Waals surface area contributed by atoms with Crippen molar-refractivity contribution >= 4 is 40.8 Å². The maximum Gasteiger partial charge on any atom is 0.255 e. The molecule has 2 aromatic carbocycles. The van der Waals surface area contributed by atoms with Crippen molar-refractivity contribution in [2.24, 2.45) is 0 Å². The first-order valence-corrected chi connectivity index (χ1v) is 10.9. The van der Waals surface area contributed by atoms with Crippen molar-refractivity contribution in [1.29, 1.82) is 0 Å². The van der Waals surface area contributed by atoms with Crippen molar-refractivity contribution in [3.63, 3.8) is 0 Å². The Labute approximate surface area is 184 Å². The fourth-order valence-electron chi connectivity index (χ4n) is 2.75. The fourth-order valence-corrected chi connectivity index (χ4v) is 3.79. The average Bonchev–Trinajstić information content (AvgIpc) is 2.74. The zero-order chi connectivity index (χ0) is 21.5. The summed E-state index contributed by atoms with van der Waals surface area (Å²) in [5.41, 5.74) is 1.62. The molecule has 0 aliphatic rings. The van der Waals surface area contributed by atoms with Crippen LogP contribution in [0.1, 0.15) is 29.3 Å². The van der Waals surface area contributed by atoms with E-state index in [0.29, 0.717) is 21.6 Å². The van der Waals surface area contributed by atoms with Crippen LogP contribution in [0.4, 0.5) is 15.9 Å². The highest BCUT2D eigenvalue weighted by Gasteiger charge is 2.10. The molecular weight excluding hydrogens is 423 g/mol. The second-order valence-corrected chi connectivity index (χ2v) is 8.00. The van der Waals surface area contributed by atoms with Gasteiger partial charge >= 0.3 is 0 Å². The molecule has 0 unspecified atom stereocenters. The molecule has 0 spiro atoms. The Balaban J connectivity index is 1.62. The predicted octanol–water partition coefficient (Wildman–Crippen LogP) is 5.66. The Morgan fingerprint density at radius 1 is 1.17 bits per heavy atom. The number of hydrogen-bond donors (Lipinski definition) is 1. The van der Waals surface area contributed by atoms with Crippen LogP contribution < -0.4 is 10.2 Å². The SMILES string of the molecule is CCCN(C)c1cc(Cl)nc(SCc2ccc(C(=O)Nc3ccccc3F)cc2)n1. The molecule has 3 rings (SSSR count). The van der Waals surface area contributed by atoms with Crippen LogP contribution >= 0.6 is 23.4 Å². The van der Waals surface area contributed by atoms with E-state index in [-0.39, 0.29) is 11.6 Å². The topological polar surface area (TPSA) is 58.1 Å². The van der Waals surface area contributed by atoms with Gasteiger partial charge in [0.05, 0.1) is 5.69 Å². The zero-order valence-electron chi connectivity index (χ0n) is 16.7. The number of amides is 1. The number of thioether (sulfide) groups is 1. The second-order valence-electron chi connectivity index (χ2n) is 6.67. The molecule has 0 saturated carbocycles. The van der Waals surface area contributed by atoms with Gasteiger partial charge in [-0.25, -0.2) is 14.4 Å². The lowest BCUT2D eigenvalue weighted by Gasteiger charge is -2.17. The molecule has 5 nitrogen and oxygen atoms in total. The molecule has 0 saturated heterocycles. The minimum atomic E-state index is -0.468. The number of carbonyl (C=O) groups is 1. The summed E-state index contributed by atoms with van der Waals surface area (Å²) in [7, 11) is 1.97. The number of rotatable bonds is 8. The van der Waals surface area contributed by atoms with Gasteiger partial charge in [0, 0.05) is 31.0 Å². The molecule has 1 N–H and O–H groups in total. The van der Waals surface area contributed by atoms with E-state index < -0.39 is 5.82 Å². The Bertz CT molecular complexity index is 1020. The van der Waals surface area contributed by atoms with Crippen molar-refractivity contribution in [2.45, 2.75) is 24.3 Å². The molecule has 0 fully saturated rings. The lowest BCUT2D eigenvalue weighted by atomic mass is 10.1. The standard InChI is InChI=1S/C22H22ClFN4OS/c1-3-12-28(2)20-13-19(23)26-22(27-20)30-14-15-8-10-16(11-9-15)21(29)25-18-7-5-4-6-17(18)24/h4-11,13H,3,12,14H2,1-2H3,(H,25,29). The first kappa shape index (κ1) is 22.1. The van der Waals surface area contributed by atoms with Gasteiger partial charge in [-0.2, -0.15) is 0 Å². The monoisotopic (exact) mass is 444 g/mol. The van der Waals surface area contributed by atoms with E-state index in [2.05, 4.69) is 22.2 Å². The van der Waals surface area contributed by atoms with E-state index in [4.69, 9.17) is 11.6 Å².